The number of carboxylic acids is 1. The van der Waals surface area contributed by atoms with Crippen molar-refractivity contribution < 1.29 is 48.3 Å². The number of thiazole rings is 1. The molecule has 0 spiro atoms. The number of ether oxygens (including phenoxy) is 1. The Balaban J connectivity index is 0.973. The van der Waals surface area contributed by atoms with E-state index in [0.29, 0.717) is 36.3 Å². The third kappa shape index (κ3) is 8.18. The van der Waals surface area contributed by atoms with E-state index in [0.717, 1.165) is 47.5 Å². The zero-order valence-electron chi connectivity index (χ0n) is 30.2. The lowest BCUT2D eigenvalue weighted by Crippen LogP contribution is -2.71. The van der Waals surface area contributed by atoms with Crippen molar-refractivity contribution in [1.82, 2.24) is 20.1 Å². The van der Waals surface area contributed by atoms with Gasteiger partial charge in [0.25, 0.3) is 17.7 Å². The van der Waals surface area contributed by atoms with Crippen molar-refractivity contribution in [2.45, 2.75) is 62.7 Å². The lowest BCUT2D eigenvalue weighted by atomic mass is 10.0. The van der Waals surface area contributed by atoms with Crippen LogP contribution in [-0.4, -0.2) is 97.2 Å². The van der Waals surface area contributed by atoms with Crippen LogP contribution in [0.5, 0.6) is 11.5 Å². The molecule has 3 fully saturated rings. The Kier molecular flexibility index (Phi) is 11.2. The highest BCUT2D eigenvalue weighted by molar-refractivity contribution is 8.00. The topological polar surface area (TPSA) is 230 Å². The Morgan fingerprint density at radius 2 is 1.93 bits per heavy atom. The van der Waals surface area contributed by atoms with Crippen molar-refractivity contribution in [3.05, 3.63) is 82.3 Å². The van der Waals surface area contributed by atoms with Crippen LogP contribution in [0, 0.1) is 0 Å². The lowest BCUT2D eigenvalue weighted by molar-refractivity contribution is -0.684. The molecule has 3 aromatic rings. The Morgan fingerprint density at radius 3 is 2.62 bits per heavy atom. The Hall–Kier alpha value is -5.95. The minimum atomic E-state index is -1.32. The number of carbonyl (C=O) groups excluding carboxylic acids is 4. The van der Waals surface area contributed by atoms with Crippen molar-refractivity contribution in [2.75, 3.05) is 30.5 Å². The smallest absolute Gasteiger partial charge is 0.352 e. The number of likely N-dealkylation sites (tertiary alicyclic amines) is 1. The highest BCUT2D eigenvalue weighted by Crippen LogP contribution is 2.41. The average molecular weight is 804 g/mol. The van der Waals surface area contributed by atoms with E-state index in [1.54, 1.807) is 39.4 Å². The van der Waals surface area contributed by atoms with Gasteiger partial charge in [0.05, 0.1) is 7.11 Å². The molecule has 1 aromatic carbocycles. The lowest BCUT2D eigenvalue weighted by Gasteiger charge is -2.49. The number of rotatable bonds is 13. The number of β-lactam (4-membered cyclic amide) rings is 1. The van der Waals surface area contributed by atoms with Crippen LogP contribution in [0.25, 0.3) is 0 Å². The molecule has 6 N–H and O–H groups in total. The zero-order chi connectivity index (χ0) is 39.5. The van der Waals surface area contributed by atoms with Gasteiger partial charge in [-0.15, -0.1) is 23.1 Å². The molecule has 4 amide bonds. The number of hydrogen-bond acceptors (Lipinski definition) is 13. The van der Waals surface area contributed by atoms with Gasteiger partial charge in [0.15, 0.2) is 34.7 Å². The predicted molar refractivity (Wildman–Crippen MR) is 204 cm³/mol. The standard InChI is InChI=1S/C37H38N8O9S2/c1-53-27-15-23(6-7-26(27)46)39-28(47)17-43-11-8-20(9-12-43)16-44-13-10-21(33(44)49)14-22-18-55-35-30(34(50)45(35)31(22)36(51)52)41-32(48)29(25-19-56-37(38)40-25)42-54-24-4-2-3-5-24/h6-9,11-12,14-15,19,24,30,35H,2-5,10,13,16-18H2,1H3,(H5-,38,39,40,41,42,46,47,48,51,52)/p+1/t30-,35-/m1/s1. The first-order chi connectivity index (χ1) is 27.0. The second-order valence-corrected chi connectivity index (χ2v) is 15.5. The van der Waals surface area contributed by atoms with Gasteiger partial charge in [0, 0.05) is 53.7 Å². The molecule has 5 heterocycles. The second-order valence-electron chi connectivity index (χ2n) is 13.5. The fraction of sp³-hybridized carbons (Fsp3) is 0.351. The Bertz CT molecular complexity index is 2160. The maximum absolute atomic E-state index is 13.5. The van der Waals surface area contributed by atoms with E-state index in [-0.39, 0.29) is 63.9 Å². The molecule has 2 saturated heterocycles. The Labute approximate surface area is 328 Å². The number of hydrogen-bond donors (Lipinski definition) is 5. The van der Waals surface area contributed by atoms with Crippen LogP contribution in [0.4, 0.5) is 10.8 Å². The molecule has 292 valence electrons. The number of nitrogen functional groups attached to an aromatic ring is 1. The molecular formula is C37H39N8O9S2+. The van der Waals surface area contributed by atoms with Crippen molar-refractivity contribution in [3.63, 3.8) is 0 Å². The molecule has 0 radical (unpaired) electrons. The number of phenolic OH excluding ortho intramolecular Hbond substituents is 1. The summed E-state index contributed by atoms with van der Waals surface area (Å²) < 4.78 is 6.77. The zero-order valence-corrected chi connectivity index (χ0v) is 31.8. The second kappa shape index (κ2) is 16.4. The molecule has 2 atom stereocenters. The number of pyridine rings is 1. The number of carboxylic acid groups (broad SMARTS) is 1. The number of nitrogens with two attached hydrogens (primary N) is 1. The largest absolute Gasteiger partial charge is 0.504 e. The van der Waals surface area contributed by atoms with Gasteiger partial charge in [-0.3, -0.25) is 24.1 Å². The molecule has 17 nitrogen and oxygen atoms in total. The number of thioether (sulfide) groups is 1. The summed E-state index contributed by atoms with van der Waals surface area (Å²) in [6.45, 7) is 0.742. The highest BCUT2D eigenvalue weighted by Gasteiger charge is 2.54. The van der Waals surface area contributed by atoms with Crippen molar-refractivity contribution in [1.29, 1.82) is 0 Å². The number of fused-ring (bicyclic) bond motifs is 1. The summed E-state index contributed by atoms with van der Waals surface area (Å²) >= 11 is 2.42. The summed E-state index contributed by atoms with van der Waals surface area (Å²) in [5, 5.41) is 30.7. The third-order valence-corrected chi connectivity index (χ3v) is 11.7. The summed E-state index contributed by atoms with van der Waals surface area (Å²) in [6, 6.07) is 7.11. The fourth-order valence-corrected chi connectivity index (χ4v) is 8.74. The molecule has 1 saturated carbocycles. The van der Waals surface area contributed by atoms with Crippen LogP contribution in [0.15, 0.2) is 76.2 Å². The van der Waals surface area contributed by atoms with Gasteiger partial charge in [0.2, 0.25) is 12.5 Å². The number of amides is 4. The van der Waals surface area contributed by atoms with Gasteiger partial charge in [-0.1, -0.05) is 5.16 Å². The van der Waals surface area contributed by atoms with Gasteiger partial charge >= 0.3 is 5.97 Å². The third-order valence-electron chi connectivity index (χ3n) is 9.75. The number of carbonyl (C=O) groups is 5. The number of allylic oxidation sites excluding steroid dienone is 1. The first-order valence-corrected chi connectivity index (χ1v) is 19.7. The minimum Gasteiger partial charge on any atom is -0.504 e. The van der Waals surface area contributed by atoms with Crippen LogP contribution in [0.1, 0.15) is 43.4 Å². The van der Waals surface area contributed by atoms with Gasteiger partial charge in [-0.25, -0.2) is 9.78 Å². The number of aromatic nitrogens is 2. The van der Waals surface area contributed by atoms with E-state index in [1.807, 2.05) is 12.1 Å². The summed E-state index contributed by atoms with van der Waals surface area (Å²) in [5.74, 6) is -2.75. The highest BCUT2D eigenvalue weighted by atomic mass is 32.2. The van der Waals surface area contributed by atoms with Crippen LogP contribution < -0.4 is 25.7 Å². The molecule has 3 aliphatic heterocycles. The Morgan fingerprint density at radius 1 is 1.16 bits per heavy atom. The van der Waals surface area contributed by atoms with E-state index in [2.05, 4.69) is 20.8 Å². The number of nitrogens with zero attached hydrogens (tertiary/aromatic N) is 5. The van der Waals surface area contributed by atoms with E-state index in [4.69, 9.17) is 15.3 Å². The fourth-order valence-electron chi connectivity index (χ4n) is 6.89. The number of methoxy groups -OCH3 is 1. The number of benzene rings is 1. The maximum atomic E-state index is 13.5. The van der Waals surface area contributed by atoms with E-state index in [1.165, 1.54) is 31.0 Å². The van der Waals surface area contributed by atoms with Crippen molar-refractivity contribution in [3.8, 4) is 11.5 Å². The molecule has 19 heteroatoms. The monoisotopic (exact) mass is 803 g/mol. The van der Waals surface area contributed by atoms with E-state index in [9.17, 15) is 34.2 Å². The summed E-state index contributed by atoms with van der Waals surface area (Å²) in [6.07, 6.45) is 8.92. The first-order valence-electron chi connectivity index (χ1n) is 17.8. The van der Waals surface area contributed by atoms with Gasteiger partial charge in [0.1, 0.15) is 28.9 Å². The number of aliphatic carboxylic acids is 1. The van der Waals surface area contributed by atoms with Crippen LogP contribution in [0.2, 0.25) is 0 Å². The SMILES string of the molecule is COc1cc(NC(=O)C[n+]2ccc(CN3CCC(=CC4=C(C(=O)O)N5C(=O)[C@@H](NC(=O)/C(=N\OC6CCCC6)c6csc(N)n6)[C@H]5SC4)C3=O)cc2)ccc1O. The van der Waals surface area contributed by atoms with Gasteiger partial charge in [-0.2, -0.15) is 4.57 Å². The number of anilines is 2. The predicted octanol–water partition coefficient (Wildman–Crippen LogP) is 2.13. The molecule has 1 aliphatic carbocycles. The van der Waals surface area contributed by atoms with Crippen LogP contribution in [0.3, 0.4) is 0 Å². The van der Waals surface area contributed by atoms with Crippen LogP contribution >= 0.6 is 23.1 Å². The number of oxime groups is 1. The number of nitrogens with one attached hydrogen (secondary N) is 2. The molecule has 4 aliphatic rings. The number of aromatic hydroxyl groups is 1. The average Bonchev–Trinajstić information content (AvgIpc) is 3.94. The summed E-state index contributed by atoms with van der Waals surface area (Å²) in [4.78, 5) is 78.1. The van der Waals surface area contributed by atoms with Crippen molar-refractivity contribution >= 4 is 69.2 Å². The molecular weight excluding hydrogens is 765 g/mol. The number of phenols is 1. The van der Waals surface area contributed by atoms with E-state index < -0.39 is 29.2 Å². The molecule has 0 bridgehead atoms. The van der Waals surface area contributed by atoms with Crippen LogP contribution in [-0.2, 0) is 41.9 Å². The quantitative estimate of drug-likeness (QED) is 0.0418. The first kappa shape index (κ1) is 38.3. The van der Waals surface area contributed by atoms with Gasteiger partial charge < -0.3 is 41.1 Å². The normalized spacial score (nSPS) is 20.6. The molecule has 56 heavy (non-hydrogen) atoms. The minimum absolute atomic E-state index is 0.0261. The summed E-state index contributed by atoms with van der Waals surface area (Å²) in [7, 11) is 1.42. The molecule has 2 aromatic heterocycles. The van der Waals surface area contributed by atoms with Gasteiger partial charge in [-0.05, 0) is 61.4 Å². The summed E-state index contributed by atoms with van der Waals surface area (Å²) in [5.41, 5.74) is 7.73. The van der Waals surface area contributed by atoms with Crippen molar-refractivity contribution in [2.24, 2.45) is 5.16 Å². The van der Waals surface area contributed by atoms with E-state index >= 15 is 0 Å². The maximum Gasteiger partial charge on any atom is 0.352 e. The molecule has 0 unspecified atom stereocenters. The molecule has 7 rings (SSSR count).